The molecule has 65 heavy (non-hydrogen) atoms. The summed E-state index contributed by atoms with van der Waals surface area (Å²) in [6, 6.07) is 15.5. The van der Waals surface area contributed by atoms with Crippen LogP contribution in [0, 0.1) is 23.7 Å². The summed E-state index contributed by atoms with van der Waals surface area (Å²) in [5, 5.41) is 24.4. The third kappa shape index (κ3) is 7.46. The van der Waals surface area contributed by atoms with Crippen molar-refractivity contribution in [3.63, 3.8) is 0 Å². The standard InChI is InChI=1S/C49H58N8O8/c1-48(32-7-3-26(4-8-32)34-23-50-42(52-34)38-21-30-19-36(30)56(38)44(58)40(54-46(60)61)28-11-15-64-16-12-28)25-49(48,2)33-9-5-27(6-10-33)35-24-51-43(53-35)39-22-31-20-37(31)57(39)45(59)41(55-47(62)63)29-13-17-65-18-14-29/h3-10,23-24,28-31,36-41,54-55H,11-22,25H2,1-2H3,(H,50,52)(H,51,53)(H,60,61)(H,62,63)/t30-,31-,36?,37?,38+,39+,40-,41-,48+,49+/m1/s1. The Hall–Kier alpha value is -5.74. The zero-order valence-electron chi connectivity index (χ0n) is 36.9. The number of nitrogens with one attached hydrogen (secondary N) is 4. The molecule has 2 aromatic heterocycles. The minimum atomic E-state index is -1.19. The molecular weight excluding hydrogens is 829 g/mol. The largest absolute Gasteiger partial charge is 0.465 e. The molecule has 0 bridgehead atoms. The summed E-state index contributed by atoms with van der Waals surface area (Å²) < 4.78 is 11.0. The van der Waals surface area contributed by atoms with Gasteiger partial charge in [-0.25, -0.2) is 19.6 Å². The molecule has 4 aromatic rings. The van der Waals surface area contributed by atoms with Gasteiger partial charge in [0, 0.05) is 72.9 Å². The van der Waals surface area contributed by atoms with Gasteiger partial charge >= 0.3 is 12.2 Å². The highest BCUT2D eigenvalue weighted by Gasteiger charge is 2.63. The second-order valence-electron chi connectivity index (χ2n) is 20.2. The maximum absolute atomic E-state index is 14.1. The first-order valence-electron chi connectivity index (χ1n) is 23.5. The highest BCUT2D eigenvalue weighted by molar-refractivity contribution is 5.88. The van der Waals surface area contributed by atoms with Gasteiger partial charge in [0.2, 0.25) is 11.8 Å². The summed E-state index contributed by atoms with van der Waals surface area (Å²) in [6.45, 7) is 6.74. The monoisotopic (exact) mass is 886 g/mol. The van der Waals surface area contributed by atoms with Crippen molar-refractivity contribution < 1.29 is 38.9 Å². The summed E-state index contributed by atoms with van der Waals surface area (Å²) in [7, 11) is 0. The molecule has 11 rings (SSSR count). The van der Waals surface area contributed by atoms with Crippen LogP contribution in [-0.2, 0) is 29.9 Å². The van der Waals surface area contributed by atoms with Crippen LogP contribution >= 0.6 is 0 Å². The number of benzene rings is 2. The molecule has 6 N–H and O–H groups in total. The Bertz CT molecular complexity index is 2310. The van der Waals surface area contributed by atoms with Crippen LogP contribution in [0.25, 0.3) is 22.5 Å². The number of rotatable bonds is 12. The van der Waals surface area contributed by atoms with Crippen molar-refractivity contribution in [2.45, 2.75) is 119 Å². The van der Waals surface area contributed by atoms with Crippen molar-refractivity contribution in [1.29, 1.82) is 0 Å². The molecule has 10 atom stereocenters. The van der Waals surface area contributed by atoms with E-state index in [-0.39, 0.29) is 58.6 Å². The molecule has 7 fully saturated rings. The Morgan fingerprint density at radius 1 is 0.631 bits per heavy atom. The lowest BCUT2D eigenvalue weighted by Gasteiger charge is -2.35. The molecule has 342 valence electrons. The van der Waals surface area contributed by atoms with Crippen LogP contribution < -0.4 is 10.6 Å². The number of H-pyrrole nitrogens is 2. The fraction of sp³-hybridized carbons (Fsp3) is 0.551. The lowest BCUT2D eigenvalue weighted by molar-refractivity contribution is -0.138. The summed E-state index contributed by atoms with van der Waals surface area (Å²) >= 11 is 0. The SMILES string of the molecule is C[C@@]1(c2ccc(-c3c[nH]c([C@@H]4C[C@H]5CC5N4C(=O)[C@H](NC(=O)O)C4CCOCC4)n3)cc2)C[C@@]1(C)c1ccc(-c2c[nH]c([C@@H]3C[C@H]4CC4N3C(=O)[C@H](NC(=O)O)C3CCOCC3)n2)cc1. The summed E-state index contributed by atoms with van der Waals surface area (Å²) in [5.41, 5.74) is 5.95. The van der Waals surface area contributed by atoms with Gasteiger partial charge in [-0.3, -0.25) is 9.59 Å². The average Bonchev–Trinajstić information content (AvgIpc) is 4.12. The lowest BCUT2D eigenvalue weighted by atomic mass is 9.83. The molecule has 3 saturated carbocycles. The van der Waals surface area contributed by atoms with Gasteiger partial charge in [0.25, 0.3) is 0 Å². The van der Waals surface area contributed by atoms with Gasteiger partial charge in [0.1, 0.15) is 23.7 Å². The van der Waals surface area contributed by atoms with Crippen LogP contribution in [0.15, 0.2) is 60.9 Å². The van der Waals surface area contributed by atoms with Gasteiger partial charge < -0.3 is 50.1 Å². The van der Waals surface area contributed by atoms with Crippen molar-refractivity contribution in [3.05, 3.63) is 83.7 Å². The first kappa shape index (κ1) is 41.9. The number of carbonyl (C=O) groups excluding carboxylic acids is 2. The van der Waals surface area contributed by atoms with E-state index >= 15 is 0 Å². The van der Waals surface area contributed by atoms with Crippen molar-refractivity contribution in [1.82, 2.24) is 40.4 Å². The van der Waals surface area contributed by atoms with E-state index in [0.29, 0.717) is 63.9 Å². The van der Waals surface area contributed by atoms with Crippen molar-refractivity contribution >= 4 is 24.0 Å². The molecule has 0 radical (unpaired) electrons. The molecule has 4 aliphatic heterocycles. The van der Waals surface area contributed by atoms with E-state index in [1.165, 1.54) is 11.1 Å². The highest BCUT2D eigenvalue weighted by Crippen LogP contribution is 2.65. The molecular formula is C49H58N8O8. The Labute approximate surface area is 377 Å². The first-order chi connectivity index (χ1) is 31.4. The van der Waals surface area contributed by atoms with E-state index in [1.54, 1.807) is 0 Å². The van der Waals surface area contributed by atoms with Gasteiger partial charge in [-0.15, -0.1) is 0 Å². The summed E-state index contributed by atoms with van der Waals surface area (Å²) in [5.74, 6) is 1.76. The van der Waals surface area contributed by atoms with E-state index in [1.807, 2.05) is 22.2 Å². The number of hydrogen-bond acceptors (Lipinski definition) is 8. The van der Waals surface area contributed by atoms with E-state index in [9.17, 15) is 29.4 Å². The van der Waals surface area contributed by atoms with E-state index in [0.717, 1.165) is 66.3 Å². The maximum atomic E-state index is 14.1. The topological polar surface area (TPSA) is 215 Å². The van der Waals surface area contributed by atoms with Gasteiger partial charge in [0.05, 0.1) is 23.5 Å². The van der Waals surface area contributed by atoms with Gasteiger partial charge in [-0.2, -0.15) is 0 Å². The number of carboxylic acid groups (broad SMARTS) is 2. The number of piperidine rings is 2. The summed E-state index contributed by atoms with van der Waals surface area (Å²) in [4.78, 5) is 72.4. The Morgan fingerprint density at radius 3 is 1.38 bits per heavy atom. The molecule has 6 heterocycles. The molecule has 7 aliphatic rings. The summed E-state index contributed by atoms with van der Waals surface area (Å²) in [6.07, 6.45) is 8.53. The van der Waals surface area contributed by atoms with Gasteiger partial charge in [0.15, 0.2) is 0 Å². The number of fused-ring (bicyclic) bond motifs is 2. The van der Waals surface area contributed by atoms with Crippen LogP contribution in [0.2, 0.25) is 0 Å². The molecule has 2 unspecified atom stereocenters. The molecule has 0 spiro atoms. The smallest absolute Gasteiger partial charge is 0.405 e. The van der Waals surface area contributed by atoms with Crippen LogP contribution in [0.1, 0.15) is 106 Å². The van der Waals surface area contributed by atoms with Crippen LogP contribution in [0.4, 0.5) is 9.59 Å². The van der Waals surface area contributed by atoms with Crippen LogP contribution in [0.3, 0.4) is 0 Å². The molecule has 3 aliphatic carbocycles. The quantitative estimate of drug-likeness (QED) is 0.0904. The number of nitrogens with zero attached hydrogens (tertiary/aromatic N) is 4. The second-order valence-corrected chi connectivity index (χ2v) is 20.2. The normalized spacial score (nSPS) is 31.4. The highest BCUT2D eigenvalue weighted by atomic mass is 16.5. The molecule has 4 saturated heterocycles. The number of imidazole rings is 2. The van der Waals surface area contributed by atoms with E-state index in [4.69, 9.17) is 19.4 Å². The van der Waals surface area contributed by atoms with Crippen molar-refractivity contribution in [2.24, 2.45) is 23.7 Å². The maximum Gasteiger partial charge on any atom is 0.405 e. The van der Waals surface area contributed by atoms with Gasteiger partial charge in [-0.1, -0.05) is 62.4 Å². The molecule has 16 heteroatoms. The molecule has 16 nitrogen and oxygen atoms in total. The number of likely N-dealkylation sites (tertiary alicyclic amines) is 2. The van der Waals surface area contributed by atoms with Gasteiger partial charge in [-0.05, 0) is 92.6 Å². The fourth-order valence-corrected chi connectivity index (χ4v) is 12.3. The zero-order valence-corrected chi connectivity index (χ0v) is 36.9. The van der Waals surface area contributed by atoms with E-state index in [2.05, 4.69) is 83.0 Å². The van der Waals surface area contributed by atoms with Crippen LogP contribution in [-0.4, -0.2) is 115 Å². The Kier molecular flexibility index (Phi) is 10.3. The number of aromatic nitrogens is 4. The minimum absolute atomic E-state index is 0.0721. The number of amides is 4. The predicted molar refractivity (Wildman–Crippen MR) is 237 cm³/mol. The van der Waals surface area contributed by atoms with Crippen molar-refractivity contribution in [3.8, 4) is 22.5 Å². The zero-order chi connectivity index (χ0) is 44.8. The number of ether oxygens (including phenoxy) is 2. The minimum Gasteiger partial charge on any atom is -0.465 e. The van der Waals surface area contributed by atoms with Crippen LogP contribution in [0.5, 0.6) is 0 Å². The Morgan fingerprint density at radius 2 is 1.02 bits per heavy atom. The fourth-order valence-electron chi connectivity index (χ4n) is 12.3. The third-order valence-electron chi connectivity index (χ3n) is 16.5. The number of aromatic amines is 2. The first-order valence-corrected chi connectivity index (χ1v) is 23.5. The number of hydrogen-bond donors (Lipinski definition) is 6. The predicted octanol–water partition coefficient (Wildman–Crippen LogP) is 6.54. The average molecular weight is 887 g/mol. The second kappa shape index (κ2) is 16.0. The molecule has 2 aromatic carbocycles. The van der Waals surface area contributed by atoms with Crippen molar-refractivity contribution in [2.75, 3.05) is 26.4 Å². The Balaban J connectivity index is 0.753. The number of carbonyl (C=O) groups is 4. The third-order valence-corrected chi connectivity index (χ3v) is 16.5. The molecule has 4 amide bonds. The lowest BCUT2D eigenvalue weighted by Crippen LogP contribution is -2.53. The van der Waals surface area contributed by atoms with E-state index < -0.39 is 24.3 Å².